The summed E-state index contributed by atoms with van der Waals surface area (Å²) in [5.41, 5.74) is 7.16. The molecule has 3 N–H and O–H groups in total. The van der Waals surface area contributed by atoms with Crippen LogP contribution in [0.3, 0.4) is 0 Å². The van der Waals surface area contributed by atoms with Crippen molar-refractivity contribution in [1.29, 1.82) is 0 Å². The number of carbonyl (C=O) groups is 1. The highest BCUT2D eigenvalue weighted by atomic mass is 32.2. The third-order valence-corrected chi connectivity index (χ3v) is 3.56. The molecule has 0 saturated heterocycles. The standard InChI is InChI=1S/C13H16N4OS/c1-3-15-13(18)9-4-5-12(11(14)6-9)19-10-7-16-17(2)8-10/h4-8H,3,14H2,1-2H3,(H,15,18). The van der Waals surface area contributed by atoms with E-state index >= 15 is 0 Å². The van der Waals surface area contributed by atoms with Gasteiger partial charge < -0.3 is 11.1 Å². The molecule has 1 heterocycles. The van der Waals surface area contributed by atoms with Crippen molar-refractivity contribution >= 4 is 23.4 Å². The van der Waals surface area contributed by atoms with Crippen molar-refractivity contribution in [2.75, 3.05) is 12.3 Å². The van der Waals surface area contributed by atoms with E-state index in [4.69, 9.17) is 5.73 Å². The molecule has 0 atom stereocenters. The Kier molecular flexibility index (Phi) is 4.11. The van der Waals surface area contributed by atoms with E-state index in [0.717, 1.165) is 9.79 Å². The molecule has 6 heteroatoms. The van der Waals surface area contributed by atoms with Crippen LogP contribution in [-0.2, 0) is 7.05 Å². The number of amides is 1. The van der Waals surface area contributed by atoms with E-state index < -0.39 is 0 Å². The van der Waals surface area contributed by atoms with E-state index in [1.807, 2.05) is 26.2 Å². The van der Waals surface area contributed by atoms with Crippen LogP contribution in [0.4, 0.5) is 5.69 Å². The maximum absolute atomic E-state index is 11.7. The van der Waals surface area contributed by atoms with E-state index in [9.17, 15) is 4.79 Å². The predicted octanol–water partition coefficient (Wildman–Crippen LogP) is 1.90. The Labute approximate surface area is 116 Å². The fourth-order valence-electron chi connectivity index (χ4n) is 1.62. The summed E-state index contributed by atoms with van der Waals surface area (Å²) in [6, 6.07) is 5.33. The number of hydrogen-bond donors (Lipinski definition) is 2. The number of nitrogens with one attached hydrogen (secondary N) is 1. The molecular weight excluding hydrogens is 260 g/mol. The van der Waals surface area contributed by atoms with Crippen LogP contribution in [0, 0.1) is 0 Å². The van der Waals surface area contributed by atoms with Crippen LogP contribution in [0.2, 0.25) is 0 Å². The molecule has 0 bridgehead atoms. The summed E-state index contributed by atoms with van der Waals surface area (Å²) in [7, 11) is 1.87. The summed E-state index contributed by atoms with van der Waals surface area (Å²) >= 11 is 1.53. The highest BCUT2D eigenvalue weighted by Gasteiger charge is 2.08. The molecule has 1 aromatic heterocycles. The van der Waals surface area contributed by atoms with Gasteiger partial charge in [-0.3, -0.25) is 9.48 Å². The summed E-state index contributed by atoms with van der Waals surface area (Å²) < 4.78 is 1.74. The zero-order valence-corrected chi connectivity index (χ0v) is 11.7. The van der Waals surface area contributed by atoms with E-state index in [1.54, 1.807) is 23.0 Å². The van der Waals surface area contributed by atoms with Gasteiger partial charge in [0.15, 0.2) is 0 Å². The number of anilines is 1. The van der Waals surface area contributed by atoms with Crippen LogP contribution in [0.15, 0.2) is 40.4 Å². The normalized spacial score (nSPS) is 10.4. The smallest absolute Gasteiger partial charge is 0.251 e. The molecule has 0 saturated carbocycles. The first-order valence-corrected chi connectivity index (χ1v) is 6.76. The van der Waals surface area contributed by atoms with Gasteiger partial charge in [0, 0.05) is 35.9 Å². The van der Waals surface area contributed by atoms with Gasteiger partial charge in [-0.15, -0.1) is 0 Å². The van der Waals surface area contributed by atoms with Crippen LogP contribution in [-0.4, -0.2) is 22.2 Å². The molecule has 5 nitrogen and oxygen atoms in total. The second-order valence-corrected chi connectivity index (χ2v) is 5.18. The third kappa shape index (κ3) is 3.29. The van der Waals surface area contributed by atoms with Crippen LogP contribution >= 0.6 is 11.8 Å². The lowest BCUT2D eigenvalue weighted by Crippen LogP contribution is -2.22. The first kappa shape index (κ1) is 13.5. The molecule has 1 aromatic carbocycles. The molecule has 19 heavy (non-hydrogen) atoms. The number of benzene rings is 1. The van der Waals surface area contributed by atoms with Gasteiger partial charge in [0.05, 0.1) is 11.1 Å². The molecule has 0 aliphatic carbocycles. The molecule has 0 aliphatic rings. The molecular formula is C13H16N4OS. The van der Waals surface area contributed by atoms with Crippen LogP contribution < -0.4 is 11.1 Å². The fourth-order valence-corrected chi connectivity index (χ4v) is 2.50. The van der Waals surface area contributed by atoms with E-state index in [-0.39, 0.29) is 5.91 Å². The van der Waals surface area contributed by atoms with Crippen molar-refractivity contribution < 1.29 is 4.79 Å². The summed E-state index contributed by atoms with van der Waals surface area (Å²) in [5, 5.41) is 6.85. The van der Waals surface area contributed by atoms with Crippen LogP contribution in [0.25, 0.3) is 0 Å². The molecule has 2 aromatic rings. The van der Waals surface area contributed by atoms with Crippen molar-refractivity contribution in [3.05, 3.63) is 36.2 Å². The number of aromatic nitrogens is 2. The Hall–Kier alpha value is -1.95. The molecule has 1 amide bonds. The van der Waals surface area contributed by atoms with Crippen molar-refractivity contribution in [3.8, 4) is 0 Å². The Bertz CT molecular complexity index is 594. The zero-order chi connectivity index (χ0) is 13.8. The Balaban J connectivity index is 2.17. The van der Waals surface area contributed by atoms with Crippen molar-refractivity contribution in [3.63, 3.8) is 0 Å². The molecule has 100 valence electrons. The number of nitrogens with two attached hydrogens (primary N) is 1. The molecule has 0 aliphatic heterocycles. The Morgan fingerprint density at radius 3 is 2.89 bits per heavy atom. The van der Waals surface area contributed by atoms with Crippen molar-refractivity contribution in [2.24, 2.45) is 7.05 Å². The second-order valence-electron chi connectivity index (χ2n) is 4.06. The summed E-state index contributed by atoms with van der Waals surface area (Å²) in [6.07, 6.45) is 3.70. The van der Waals surface area contributed by atoms with Gasteiger partial charge >= 0.3 is 0 Å². The fraction of sp³-hybridized carbons (Fsp3) is 0.231. The van der Waals surface area contributed by atoms with Gasteiger partial charge in [-0.2, -0.15) is 5.10 Å². The van der Waals surface area contributed by atoms with Crippen molar-refractivity contribution in [2.45, 2.75) is 16.7 Å². The Morgan fingerprint density at radius 1 is 1.53 bits per heavy atom. The first-order chi connectivity index (χ1) is 9.10. The number of rotatable bonds is 4. The van der Waals surface area contributed by atoms with Gasteiger partial charge in [-0.25, -0.2) is 0 Å². The topological polar surface area (TPSA) is 72.9 Å². The van der Waals surface area contributed by atoms with Crippen LogP contribution in [0.5, 0.6) is 0 Å². The van der Waals surface area contributed by atoms with E-state index in [1.165, 1.54) is 11.8 Å². The van der Waals surface area contributed by atoms with Crippen LogP contribution in [0.1, 0.15) is 17.3 Å². The first-order valence-electron chi connectivity index (χ1n) is 5.94. The van der Waals surface area contributed by atoms with Crippen molar-refractivity contribution in [1.82, 2.24) is 15.1 Å². The number of nitrogens with zero attached hydrogens (tertiary/aromatic N) is 2. The average Bonchev–Trinajstić information content (AvgIpc) is 2.78. The maximum Gasteiger partial charge on any atom is 0.251 e. The molecule has 2 rings (SSSR count). The minimum absolute atomic E-state index is 0.105. The highest BCUT2D eigenvalue weighted by molar-refractivity contribution is 7.99. The quantitative estimate of drug-likeness (QED) is 0.837. The maximum atomic E-state index is 11.7. The molecule has 0 fully saturated rings. The Morgan fingerprint density at radius 2 is 2.32 bits per heavy atom. The monoisotopic (exact) mass is 276 g/mol. The van der Waals surface area contributed by atoms with Gasteiger partial charge in [0.25, 0.3) is 5.91 Å². The summed E-state index contributed by atoms with van der Waals surface area (Å²) in [5.74, 6) is -0.105. The number of nitrogen functional groups attached to an aromatic ring is 1. The van der Waals surface area contributed by atoms with E-state index in [0.29, 0.717) is 17.8 Å². The minimum Gasteiger partial charge on any atom is -0.398 e. The number of carbonyl (C=O) groups excluding carboxylic acids is 1. The zero-order valence-electron chi connectivity index (χ0n) is 10.9. The summed E-state index contributed by atoms with van der Waals surface area (Å²) in [4.78, 5) is 13.6. The lowest BCUT2D eigenvalue weighted by atomic mass is 10.2. The lowest BCUT2D eigenvalue weighted by molar-refractivity contribution is 0.0956. The van der Waals surface area contributed by atoms with Gasteiger partial charge in [0.1, 0.15) is 0 Å². The SMILES string of the molecule is CCNC(=O)c1ccc(Sc2cnn(C)c2)c(N)c1. The molecule has 0 radical (unpaired) electrons. The minimum atomic E-state index is -0.105. The van der Waals surface area contributed by atoms with Gasteiger partial charge in [0.2, 0.25) is 0 Å². The third-order valence-electron chi connectivity index (χ3n) is 2.52. The highest BCUT2D eigenvalue weighted by Crippen LogP contribution is 2.32. The molecule has 0 unspecified atom stereocenters. The second kappa shape index (κ2) is 5.79. The predicted molar refractivity (Wildman–Crippen MR) is 76.2 cm³/mol. The average molecular weight is 276 g/mol. The number of aryl methyl sites for hydroxylation is 1. The molecule has 0 spiro atoms. The lowest BCUT2D eigenvalue weighted by Gasteiger charge is -2.07. The summed E-state index contributed by atoms with van der Waals surface area (Å²) in [6.45, 7) is 2.48. The van der Waals surface area contributed by atoms with E-state index in [2.05, 4.69) is 10.4 Å². The number of hydrogen-bond acceptors (Lipinski definition) is 4. The largest absolute Gasteiger partial charge is 0.398 e. The van der Waals surface area contributed by atoms with Gasteiger partial charge in [-0.05, 0) is 25.1 Å². The van der Waals surface area contributed by atoms with Gasteiger partial charge in [-0.1, -0.05) is 11.8 Å².